The van der Waals surface area contributed by atoms with Crippen molar-refractivity contribution in [2.45, 2.75) is 13.8 Å². The second-order valence-electron chi connectivity index (χ2n) is 2.44. The van der Waals surface area contributed by atoms with E-state index in [1.54, 1.807) is 6.92 Å². The molecule has 0 radical (unpaired) electrons. The van der Waals surface area contributed by atoms with E-state index in [4.69, 9.17) is 5.11 Å². The summed E-state index contributed by atoms with van der Waals surface area (Å²) in [6, 6.07) is 0. The maximum Gasteiger partial charge on any atom is 0.335 e. The second-order valence-corrected chi connectivity index (χ2v) is 2.44. The first-order chi connectivity index (χ1) is 4.95. The van der Waals surface area contributed by atoms with E-state index < -0.39 is 5.97 Å². The Morgan fingerprint density at radius 2 is 1.82 bits per heavy atom. The van der Waals surface area contributed by atoms with E-state index >= 15 is 0 Å². The van der Waals surface area contributed by atoms with Crippen molar-refractivity contribution in [1.29, 1.82) is 0 Å². The Bertz CT molecular complexity index is 234. The predicted molar refractivity (Wildman–Crippen MR) is 45.3 cm³/mol. The van der Waals surface area contributed by atoms with Gasteiger partial charge in [0.05, 0.1) is 5.57 Å². The number of carbonyl (C=O) groups is 1. The van der Waals surface area contributed by atoms with Crippen molar-refractivity contribution in [1.82, 2.24) is 0 Å². The highest BCUT2D eigenvalue weighted by molar-refractivity contribution is 5.89. The smallest absolute Gasteiger partial charge is 0.335 e. The fourth-order valence-electron chi connectivity index (χ4n) is 0.446. The first-order valence-electron chi connectivity index (χ1n) is 3.21. The highest BCUT2D eigenvalue weighted by Crippen LogP contribution is 2.07. The number of aliphatic carboxylic acids is 1. The first-order valence-corrected chi connectivity index (χ1v) is 3.21. The summed E-state index contributed by atoms with van der Waals surface area (Å²) in [6.45, 7) is 10.6. The van der Waals surface area contributed by atoms with Crippen molar-refractivity contribution in [2.75, 3.05) is 0 Å². The van der Waals surface area contributed by atoms with Crippen molar-refractivity contribution in [3.05, 3.63) is 36.0 Å². The van der Waals surface area contributed by atoms with Crippen LogP contribution in [0.2, 0.25) is 0 Å². The van der Waals surface area contributed by atoms with Crippen molar-refractivity contribution in [3.63, 3.8) is 0 Å². The lowest BCUT2D eigenvalue weighted by Gasteiger charge is -1.97. The minimum absolute atomic E-state index is 0.0884. The van der Waals surface area contributed by atoms with Crippen LogP contribution in [0, 0.1) is 0 Å². The van der Waals surface area contributed by atoms with Crippen molar-refractivity contribution >= 4 is 5.97 Å². The summed E-state index contributed by atoms with van der Waals surface area (Å²) in [7, 11) is 0. The van der Waals surface area contributed by atoms with Crippen LogP contribution in [0.5, 0.6) is 0 Å². The van der Waals surface area contributed by atoms with Crippen LogP contribution >= 0.6 is 0 Å². The Morgan fingerprint density at radius 3 is 2.09 bits per heavy atom. The van der Waals surface area contributed by atoms with E-state index in [-0.39, 0.29) is 5.57 Å². The molecular weight excluding hydrogens is 140 g/mol. The van der Waals surface area contributed by atoms with E-state index in [1.165, 1.54) is 6.08 Å². The summed E-state index contributed by atoms with van der Waals surface area (Å²) in [5, 5.41) is 8.44. The third-order valence-corrected chi connectivity index (χ3v) is 1.34. The van der Waals surface area contributed by atoms with Crippen LogP contribution < -0.4 is 0 Å². The van der Waals surface area contributed by atoms with Gasteiger partial charge in [0.1, 0.15) is 0 Å². The number of allylic oxidation sites excluding steroid dienone is 2. The van der Waals surface area contributed by atoms with Gasteiger partial charge in [-0.3, -0.25) is 0 Å². The van der Waals surface area contributed by atoms with Gasteiger partial charge in [0, 0.05) is 0 Å². The summed E-state index contributed by atoms with van der Waals surface area (Å²) in [5.74, 6) is -0.995. The quantitative estimate of drug-likeness (QED) is 0.497. The summed E-state index contributed by atoms with van der Waals surface area (Å²) in [4.78, 5) is 10.3. The summed E-state index contributed by atoms with van der Waals surface area (Å²) >= 11 is 0. The van der Waals surface area contributed by atoms with Gasteiger partial charge in [-0.2, -0.15) is 0 Å². The van der Waals surface area contributed by atoms with Crippen LogP contribution in [0.3, 0.4) is 0 Å². The third-order valence-electron chi connectivity index (χ3n) is 1.34. The second kappa shape index (κ2) is 3.76. The zero-order valence-electron chi connectivity index (χ0n) is 6.85. The molecule has 0 aliphatic rings. The molecular formula is C9H12O2. The maximum atomic E-state index is 10.3. The molecule has 0 saturated heterocycles. The molecule has 0 heterocycles. The molecule has 2 heteroatoms. The molecule has 0 bridgehead atoms. The molecule has 0 rings (SSSR count). The third kappa shape index (κ3) is 3.40. The molecule has 0 atom stereocenters. The molecule has 0 aliphatic heterocycles. The molecule has 60 valence electrons. The molecule has 1 N–H and O–H groups in total. The summed E-state index contributed by atoms with van der Waals surface area (Å²) in [5.41, 5.74) is 1.79. The fraction of sp³-hybridized carbons (Fsp3) is 0.222. The molecule has 2 nitrogen and oxygen atoms in total. The SMILES string of the molecule is C=C(/C=C(/C)C(=C)C)C(=O)O. The van der Waals surface area contributed by atoms with Crippen LogP contribution in [-0.2, 0) is 4.79 Å². The van der Waals surface area contributed by atoms with Crippen LogP contribution in [0.15, 0.2) is 36.0 Å². The Morgan fingerprint density at radius 1 is 1.36 bits per heavy atom. The van der Waals surface area contributed by atoms with Crippen molar-refractivity contribution in [2.24, 2.45) is 0 Å². The Balaban J connectivity index is 4.44. The molecule has 0 unspecified atom stereocenters. The van der Waals surface area contributed by atoms with Gasteiger partial charge in [0.15, 0.2) is 0 Å². The minimum atomic E-state index is -0.995. The lowest BCUT2D eigenvalue weighted by molar-refractivity contribution is -0.132. The van der Waals surface area contributed by atoms with Gasteiger partial charge < -0.3 is 5.11 Å². The van der Waals surface area contributed by atoms with Crippen LogP contribution in [0.1, 0.15) is 13.8 Å². The standard InChI is InChI=1S/C9H12O2/c1-6(2)7(3)5-8(4)9(10)11/h5H,1,4H2,2-3H3,(H,10,11)/b7-5-. The number of carboxylic acid groups (broad SMARTS) is 1. The molecule has 0 amide bonds. The van der Waals surface area contributed by atoms with Crippen LogP contribution in [-0.4, -0.2) is 11.1 Å². The van der Waals surface area contributed by atoms with Gasteiger partial charge in [-0.05, 0) is 25.5 Å². The molecule has 0 aliphatic carbocycles. The Labute approximate surface area is 66.5 Å². The Kier molecular flexibility index (Phi) is 3.31. The van der Waals surface area contributed by atoms with E-state index in [0.29, 0.717) is 0 Å². The number of hydrogen-bond donors (Lipinski definition) is 1. The molecule has 0 aromatic carbocycles. The van der Waals surface area contributed by atoms with E-state index in [1.807, 2.05) is 6.92 Å². The molecule has 0 aromatic rings. The molecule has 0 aromatic heterocycles. The van der Waals surface area contributed by atoms with Gasteiger partial charge in [-0.25, -0.2) is 4.79 Å². The molecule has 0 fully saturated rings. The van der Waals surface area contributed by atoms with Gasteiger partial charge in [-0.1, -0.05) is 18.7 Å². The van der Waals surface area contributed by atoms with Gasteiger partial charge in [-0.15, -0.1) is 0 Å². The van der Waals surface area contributed by atoms with E-state index in [9.17, 15) is 4.79 Å². The lowest BCUT2D eigenvalue weighted by Crippen LogP contribution is -1.96. The van der Waals surface area contributed by atoms with Gasteiger partial charge in [0.25, 0.3) is 0 Å². The first kappa shape index (κ1) is 9.69. The average Bonchev–Trinajstić information content (AvgIpc) is 1.87. The Hall–Kier alpha value is -1.31. The molecule has 0 saturated carbocycles. The number of rotatable bonds is 3. The highest BCUT2D eigenvalue weighted by Gasteiger charge is 1.99. The van der Waals surface area contributed by atoms with E-state index in [0.717, 1.165) is 11.1 Å². The lowest BCUT2D eigenvalue weighted by atomic mass is 10.1. The summed E-state index contributed by atoms with van der Waals surface area (Å²) in [6.07, 6.45) is 1.50. The zero-order valence-corrected chi connectivity index (χ0v) is 6.85. The van der Waals surface area contributed by atoms with Gasteiger partial charge >= 0.3 is 5.97 Å². The average molecular weight is 152 g/mol. The predicted octanol–water partition coefficient (Wildman–Crippen LogP) is 2.15. The van der Waals surface area contributed by atoms with E-state index in [2.05, 4.69) is 13.2 Å². The number of carboxylic acids is 1. The normalized spacial score (nSPS) is 10.9. The van der Waals surface area contributed by atoms with Crippen LogP contribution in [0.4, 0.5) is 0 Å². The molecule has 11 heavy (non-hydrogen) atoms. The highest BCUT2D eigenvalue weighted by atomic mass is 16.4. The minimum Gasteiger partial charge on any atom is -0.478 e. The molecule has 0 spiro atoms. The number of hydrogen-bond acceptors (Lipinski definition) is 1. The summed E-state index contributed by atoms with van der Waals surface area (Å²) < 4.78 is 0. The van der Waals surface area contributed by atoms with Crippen molar-refractivity contribution in [3.8, 4) is 0 Å². The van der Waals surface area contributed by atoms with Crippen molar-refractivity contribution < 1.29 is 9.90 Å². The monoisotopic (exact) mass is 152 g/mol. The zero-order chi connectivity index (χ0) is 9.02. The fourth-order valence-corrected chi connectivity index (χ4v) is 0.446. The van der Waals surface area contributed by atoms with Gasteiger partial charge in [0.2, 0.25) is 0 Å². The largest absolute Gasteiger partial charge is 0.478 e. The van der Waals surface area contributed by atoms with Crippen LogP contribution in [0.25, 0.3) is 0 Å². The maximum absolute atomic E-state index is 10.3. The topological polar surface area (TPSA) is 37.3 Å².